The molecule has 0 saturated carbocycles. The first kappa shape index (κ1) is 27.6. The Bertz CT molecular complexity index is 1520. The van der Waals surface area contributed by atoms with Crippen molar-refractivity contribution in [3.63, 3.8) is 0 Å². The van der Waals surface area contributed by atoms with Gasteiger partial charge in [-0.1, -0.05) is 55.0 Å². The molecule has 0 aliphatic carbocycles. The number of imidazole rings is 1. The van der Waals surface area contributed by atoms with E-state index in [0.717, 1.165) is 51.3 Å². The Morgan fingerprint density at radius 3 is 2.55 bits per heavy atom. The number of fused-ring (bicyclic) bond motifs is 1. The van der Waals surface area contributed by atoms with Crippen LogP contribution in [0.4, 0.5) is 11.4 Å². The predicted octanol–water partition coefficient (Wildman–Crippen LogP) is 5.80. The second-order valence-electron chi connectivity index (χ2n) is 10.8. The maximum Gasteiger partial charge on any atom is 0.247 e. The van der Waals surface area contributed by atoms with E-state index in [-0.39, 0.29) is 30.3 Å². The number of rotatable bonds is 9. The van der Waals surface area contributed by atoms with Crippen LogP contribution in [0.15, 0.2) is 66.7 Å². The van der Waals surface area contributed by atoms with Crippen LogP contribution in [0.5, 0.6) is 0 Å². The number of ether oxygens (including phenoxy) is 1. The second kappa shape index (κ2) is 11.6. The number of hydrogen-bond donors (Lipinski definition) is 0. The summed E-state index contributed by atoms with van der Waals surface area (Å²) in [5.41, 5.74) is 6.90. The molecule has 1 fully saturated rings. The van der Waals surface area contributed by atoms with Crippen molar-refractivity contribution >= 4 is 34.2 Å². The third-order valence-electron chi connectivity index (χ3n) is 7.87. The van der Waals surface area contributed by atoms with E-state index in [1.165, 1.54) is 0 Å². The van der Waals surface area contributed by atoms with Gasteiger partial charge in [-0.15, -0.1) is 0 Å². The van der Waals surface area contributed by atoms with Crippen molar-refractivity contribution in [3.05, 3.63) is 89.2 Å². The van der Waals surface area contributed by atoms with E-state index in [9.17, 15) is 9.59 Å². The fourth-order valence-electron chi connectivity index (χ4n) is 5.89. The summed E-state index contributed by atoms with van der Waals surface area (Å²) in [5.74, 6) is 0.695. The van der Waals surface area contributed by atoms with Crippen molar-refractivity contribution < 1.29 is 14.3 Å². The van der Waals surface area contributed by atoms with E-state index in [4.69, 9.17) is 9.72 Å². The van der Waals surface area contributed by atoms with Crippen molar-refractivity contribution in [2.45, 2.75) is 59.0 Å². The van der Waals surface area contributed by atoms with Crippen molar-refractivity contribution in [2.24, 2.45) is 0 Å². The third-order valence-corrected chi connectivity index (χ3v) is 7.87. The number of methoxy groups -OCH3 is 1. The molecule has 2 heterocycles. The number of benzene rings is 3. The zero-order valence-electron chi connectivity index (χ0n) is 24.1. The molecule has 7 nitrogen and oxygen atoms in total. The van der Waals surface area contributed by atoms with Gasteiger partial charge in [0.2, 0.25) is 11.8 Å². The number of carbonyl (C=O) groups excluding carboxylic acids is 2. The summed E-state index contributed by atoms with van der Waals surface area (Å²) >= 11 is 0. The normalized spacial score (nSPS) is 16.1. The average Bonchev–Trinajstić information content (AvgIpc) is 3.50. The van der Waals surface area contributed by atoms with Crippen molar-refractivity contribution in [1.29, 1.82) is 0 Å². The molecule has 0 N–H and O–H groups in total. The Morgan fingerprint density at radius 2 is 1.82 bits per heavy atom. The lowest BCUT2D eigenvalue weighted by Crippen LogP contribution is -2.44. The average molecular weight is 539 g/mol. The molecule has 1 aliphatic rings. The van der Waals surface area contributed by atoms with Crippen LogP contribution in [0.3, 0.4) is 0 Å². The van der Waals surface area contributed by atoms with Crippen molar-refractivity contribution in [3.8, 4) is 0 Å². The fourth-order valence-corrected chi connectivity index (χ4v) is 5.89. The summed E-state index contributed by atoms with van der Waals surface area (Å²) < 4.78 is 7.52. The number of para-hydroxylation sites is 3. The van der Waals surface area contributed by atoms with Gasteiger partial charge in [-0.25, -0.2) is 4.98 Å². The van der Waals surface area contributed by atoms with Gasteiger partial charge in [-0.05, 0) is 62.6 Å². The monoisotopic (exact) mass is 538 g/mol. The minimum absolute atomic E-state index is 0.0299. The first-order valence-corrected chi connectivity index (χ1v) is 14.0. The number of aryl methyl sites for hydroxylation is 3. The molecular weight excluding hydrogens is 500 g/mol. The topological polar surface area (TPSA) is 67.7 Å². The zero-order chi connectivity index (χ0) is 28.4. The van der Waals surface area contributed by atoms with Crippen LogP contribution in [-0.4, -0.2) is 47.7 Å². The molecule has 40 heavy (non-hydrogen) atoms. The number of aromatic nitrogens is 2. The molecule has 5 rings (SSSR count). The first-order valence-electron chi connectivity index (χ1n) is 14.0. The standard InChI is InChI=1S/C33H38N4O3/c1-6-25-11-9-10-23(3)32(25)37(24(4)21-40-5)31(39)20-36-29-13-8-7-12-28(29)34-33(36)26-18-30(38)35(19-26)27-16-14-22(2)15-17-27/h7-17,24,26H,6,18-21H2,1-5H3/t24-,26-/m0/s1. The van der Waals surface area contributed by atoms with Crippen LogP contribution in [-0.2, 0) is 27.3 Å². The highest BCUT2D eigenvalue weighted by Gasteiger charge is 2.36. The summed E-state index contributed by atoms with van der Waals surface area (Å²) in [6, 6.07) is 21.9. The maximum atomic E-state index is 14.3. The molecule has 2 amide bonds. The van der Waals surface area contributed by atoms with Gasteiger partial charge in [-0.3, -0.25) is 9.59 Å². The molecule has 0 bridgehead atoms. The Hall–Kier alpha value is -3.97. The summed E-state index contributed by atoms with van der Waals surface area (Å²) in [6.45, 7) is 9.29. The SMILES string of the molecule is CCc1cccc(C)c1N(C(=O)Cn1c([C@H]2CC(=O)N(c3ccc(C)cc3)C2)nc2ccccc21)[C@@H](C)COC. The Morgan fingerprint density at radius 1 is 1.07 bits per heavy atom. The third kappa shape index (κ3) is 5.26. The number of carbonyl (C=O) groups is 2. The Labute approximate surface area is 236 Å². The van der Waals surface area contributed by atoms with Crippen LogP contribution in [0.25, 0.3) is 11.0 Å². The van der Waals surface area contributed by atoms with Crippen LogP contribution < -0.4 is 9.80 Å². The minimum Gasteiger partial charge on any atom is -0.383 e. The van der Waals surface area contributed by atoms with E-state index < -0.39 is 0 Å². The number of hydrogen-bond acceptors (Lipinski definition) is 4. The zero-order valence-corrected chi connectivity index (χ0v) is 24.1. The molecule has 0 radical (unpaired) electrons. The molecule has 1 aromatic heterocycles. The number of amides is 2. The molecule has 4 aromatic rings. The largest absolute Gasteiger partial charge is 0.383 e. The lowest BCUT2D eigenvalue weighted by atomic mass is 10.0. The molecule has 1 saturated heterocycles. The van der Waals surface area contributed by atoms with Crippen LogP contribution in [0.2, 0.25) is 0 Å². The predicted molar refractivity (Wildman–Crippen MR) is 160 cm³/mol. The lowest BCUT2D eigenvalue weighted by Gasteiger charge is -2.32. The first-order chi connectivity index (χ1) is 19.3. The van der Waals surface area contributed by atoms with Gasteiger partial charge < -0.3 is 19.1 Å². The highest BCUT2D eigenvalue weighted by atomic mass is 16.5. The Kier molecular flexibility index (Phi) is 8.03. The second-order valence-corrected chi connectivity index (χ2v) is 10.8. The molecule has 0 spiro atoms. The molecular formula is C33H38N4O3. The van der Waals surface area contributed by atoms with Gasteiger partial charge in [0.1, 0.15) is 12.4 Å². The number of nitrogens with zero attached hydrogens (tertiary/aromatic N) is 4. The van der Waals surface area contributed by atoms with E-state index in [1.54, 1.807) is 7.11 Å². The van der Waals surface area contributed by atoms with E-state index >= 15 is 0 Å². The van der Waals surface area contributed by atoms with Gasteiger partial charge in [0.25, 0.3) is 0 Å². The Balaban J connectivity index is 1.53. The summed E-state index contributed by atoms with van der Waals surface area (Å²) in [4.78, 5) is 36.2. The van der Waals surface area contributed by atoms with Gasteiger partial charge in [0.15, 0.2) is 0 Å². The molecule has 2 atom stereocenters. The van der Waals surface area contributed by atoms with Gasteiger partial charge in [0.05, 0.1) is 29.4 Å². The fraction of sp³-hybridized carbons (Fsp3) is 0.364. The molecule has 208 valence electrons. The van der Waals surface area contributed by atoms with Crippen molar-refractivity contribution in [1.82, 2.24) is 9.55 Å². The molecule has 7 heteroatoms. The summed E-state index contributed by atoms with van der Waals surface area (Å²) in [6.07, 6.45) is 1.17. The molecule has 3 aromatic carbocycles. The van der Waals surface area contributed by atoms with E-state index in [0.29, 0.717) is 19.6 Å². The highest BCUT2D eigenvalue weighted by Crippen LogP contribution is 2.34. The summed E-state index contributed by atoms with van der Waals surface area (Å²) in [7, 11) is 1.66. The number of anilines is 2. The minimum atomic E-state index is -0.160. The van der Waals surface area contributed by atoms with Crippen LogP contribution >= 0.6 is 0 Å². The van der Waals surface area contributed by atoms with Gasteiger partial charge in [0, 0.05) is 31.7 Å². The molecule has 0 unspecified atom stereocenters. The van der Waals surface area contributed by atoms with Crippen LogP contribution in [0, 0.1) is 13.8 Å². The van der Waals surface area contributed by atoms with E-state index in [1.807, 2.05) is 82.8 Å². The highest BCUT2D eigenvalue weighted by molar-refractivity contribution is 5.98. The smallest absolute Gasteiger partial charge is 0.247 e. The lowest BCUT2D eigenvalue weighted by molar-refractivity contribution is -0.120. The van der Waals surface area contributed by atoms with Gasteiger partial charge >= 0.3 is 0 Å². The maximum absolute atomic E-state index is 14.3. The van der Waals surface area contributed by atoms with Crippen LogP contribution in [0.1, 0.15) is 48.7 Å². The van der Waals surface area contributed by atoms with Gasteiger partial charge in [-0.2, -0.15) is 0 Å². The molecule has 1 aliphatic heterocycles. The summed E-state index contributed by atoms with van der Waals surface area (Å²) in [5, 5.41) is 0. The van der Waals surface area contributed by atoms with E-state index in [2.05, 4.69) is 26.0 Å². The van der Waals surface area contributed by atoms with Crippen molar-refractivity contribution in [2.75, 3.05) is 30.1 Å². The quantitative estimate of drug-likeness (QED) is 0.270.